The van der Waals surface area contributed by atoms with E-state index in [0.29, 0.717) is 0 Å². The summed E-state index contributed by atoms with van der Waals surface area (Å²) in [5.74, 6) is 0. The summed E-state index contributed by atoms with van der Waals surface area (Å²) in [4.78, 5) is 4.92. The molecule has 0 aromatic heterocycles. The molecule has 0 aliphatic carbocycles. The molecule has 0 saturated carbocycles. The third-order valence-electron chi connectivity index (χ3n) is 3.78. The molecule has 0 spiro atoms. The molecule has 118 valence electrons. The van der Waals surface area contributed by atoms with E-state index in [1.54, 1.807) is 0 Å². The van der Waals surface area contributed by atoms with Crippen LogP contribution in [0.5, 0.6) is 0 Å². The van der Waals surface area contributed by atoms with Gasteiger partial charge in [0.05, 0.1) is 6.61 Å². The molecule has 1 fully saturated rings. The summed E-state index contributed by atoms with van der Waals surface area (Å²) < 4.78 is 5.30. The van der Waals surface area contributed by atoms with Crippen LogP contribution in [0, 0.1) is 0 Å². The van der Waals surface area contributed by atoms with Gasteiger partial charge in [0.25, 0.3) is 0 Å². The van der Waals surface area contributed by atoms with Crippen LogP contribution in [0.4, 0.5) is 5.69 Å². The van der Waals surface area contributed by atoms with Gasteiger partial charge >= 0.3 is 0 Å². The van der Waals surface area contributed by atoms with E-state index >= 15 is 0 Å². The Morgan fingerprint density at radius 2 is 2.00 bits per heavy atom. The third kappa shape index (κ3) is 5.83. The summed E-state index contributed by atoms with van der Waals surface area (Å²) in [6.45, 7) is 11.1. The lowest BCUT2D eigenvalue weighted by Crippen LogP contribution is -2.48. The number of benzene rings is 1. The highest BCUT2D eigenvalue weighted by Crippen LogP contribution is 2.20. The maximum atomic E-state index is 6.06. The monoisotopic (exact) mass is 311 g/mol. The van der Waals surface area contributed by atoms with Crippen molar-refractivity contribution in [3.8, 4) is 0 Å². The SMILES string of the molecule is CCOCCNCCN1CCN(c2cccc(Cl)c2)CC1. The number of rotatable bonds is 8. The molecule has 0 atom stereocenters. The van der Waals surface area contributed by atoms with Crippen LogP contribution in [0.25, 0.3) is 0 Å². The maximum absolute atomic E-state index is 6.06. The van der Waals surface area contributed by atoms with Crippen LogP contribution in [0.1, 0.15) is 6.92 Å². The summed E-state index contributed by atoms with van der Waals surface area (Å²) in [5, 5.41) is 4.23. The van der Waals surface area contributed by atoms with Crippen molar-refractivity contribution in [3.05, 3.63) is 29.3 Å². The molecule has 1 N–H and O–H groups in total. The third-order valence-corrected chi connectivity index (χ3v) is 4.01. The van der Waals surface area contributed by atoms with Gasteiger partial charge in [0, 0.05) is 63.1 Å². The van der Waals surface area contributed by atoms with Crippen LogP contribution < -0.4 is 10.2 Å². The minimum absolute atomic E-state index is 0.799. The Morgan fingerprint density at radius 1 is 1.19 bits per heavy atom. The van der Waals surface area contributed by atoms with Crippen LogP contribution >= 0.6 is 11.6 Å². The summed E-state index contributed by atoms with van der Waals surface area (Å²) in [7, 11) is 0. The summed E-state index contributed by atoms with van der Waals surface area (Å²) in [6.07, 6.45) is 0. The summed E-state index contributed by atoms with van der Waals surface area (Å²) in [5.41, 5.74) is 1.23. The average molecular weight is 312 g/mol. The van der Waals surface area contributed by atoms with Crippen LogP contribution in [-0.2, 0) is 4.74 Å². The zero-order chi connectivity index (χ0) is 14.9. The van der Waals surface area contributed by atoms with Crippen molar-refractivity contribution >= 4 is 17.3 Å². The van der Waals surface area contributed by atoms with E-state index in [9.17, 15) is 0 Å². The van der Waals surface area contributed by atoms with E-state index in [1.165, 1.54) is 5.69 Å². The molecule has 1 aliphatic heterocycles. The second-order valence-corrected chi connectivity index (χ2v) is 5.69. The van der Waals surface area contributed by atoms with Gasteiger partial charge in [-0.05, 0) is 25.1 Å². The van der Waals surface area contributed by atoms with Crippen molar-refractivity contribution in [3.63, 3.8) is 0 Å². The maximum Gasteiger partial charge on any atom is 0.0590 e. The van der Waals surface area contributed by atoms with Crippen LogP contribution in [0.15, 0.2) is 24.3 Å². The zero-order valence-electron chi connectivity index (χ0n) is 12.9. The van der Waals surface area contributed by atoms with Gasteiger partial charge in [0.2, 0.25) is 0 Å². The number of piperazine rings is 1. The average Bonchev–Trinajstić information content (AvgIpc) is 2.51. The minimum Gasteiger partial charge on any atom is -0.380 e. The fourth-order valence-corrected chi connectivity index (χ4v) is 2.74. The predicted octanol–water partition coefficient (Wildman–Crippen LogP) is 2.09. The molecule has 1 aromatic carbocycles. The van der Waals surface area contributed by atoms with E-state index in [1.807, 2.05) is 25.1 Å². The number of ether oxygens (including phenoxy) is 1. The van der Waals surface area contributed by atoms with Crippen molar-refractivity contribution in [2.45, 2.75) is 6.92 Å². The number of hydrogen-bond acceptors (Lipinski definition) is 4. The molecule has 1 aliphatic rings. The molecule has 2 rings (SSSR count). The Hall–Kier alpha value is -0.810. The predicted molar refractivity (Wildman–Crippen MR) is 89.5 cm³/mol. The summed E-state index contributed by atoms with van der Waals surface area (Å²) in [6, 6.07) is 8.13. The van der Waals surface area contributed by atoms with E-state index < -0.39 is 0 Å². The first kappa shape index (κ1) is 16.6. The molecule has 1 aromatic rings. The fourth-order valence-electron chi connectivity index (χ4n) is 2.55. The van der Waals surface area contributed by atoms with Crippen molar-refractivity contribution in [2.24, 2.45) is 0 Å². The molecule has 21 heavy (non-hydrogen) atoms. The lowest BCUT2D eigenvalue weighted by Gasteiger charge is -2.36. The molecule has 0 radical (unpaired) electrons. The van der Waals surface area contributed by atoms with Crippen LogP contribution in [-0.4, -0.2) is 63.9 Å². The van der Waals surface area contributed by atoms with Crippen LogP contribution in [0.2, 0.25) is 5.02 Å². The van der Waals surface area contributed by atoms with E-state index in [2.05, 4.69) is 21.2 Å². The first-order valence-electron chi connectivity index (χ1n) is 7.81. The quantitative estimate of drug-likeness (QED) is 0.744. The van der Waals surface area contributed by atoms with E-state index in [4.69, 9.17) is 16.3 Å². The second-order valence-electron chi connectivity index (χ2n) is 5.26. The molecule has 5 heteroatoms. The number of anilines is 1. The molecule has 4 nitrogen and oxygen atoms in total. The molecular formula is C16H26ClN3O. The van der Waals surface area contributed by atoms with Gasteiger partial charge in [-0.15, -0.1) is 0 Å². The Morgan fingerprint density at radius 3 is 2.71 bits per heavy atom. The van der Waals surface area contributed by atoms with Gasteiger partial charge in [-0.2, -0.15) is 0 Å². The summed E-state index contributed by atoms with van der Waals surface area (Å²) >= 11 is 6.06. The first-order valence-corrected chi connectivity index (χ1v) is 8.18. The normalized spacial score (nSPS) is 16.4. The largest absolute Gasteiger partial charge is 0.380 e. The Bertz CT molecular complexity index is 408. The van der Waals surface area contributed by atoms with Crippen molar-refractivity contribution in [1.29, 1.82) is 0 Å². The highest BCUT2D eigenvalue weighted by atomic mass is 35.5. The zero-order valence-corrected chi connectivity index (χ0v) is 13.6. The second kappa shape index (κ2) is 9.26. The molecule has 0 bridgehead atoms. The Labute approximate surface area is 133 Å². The van der Waals surface area contributed by atoms with Crippen molar-refractivity contribution in [1.82, 2.24) is 10.2 Å². The Balaban J connectivity index is 1.62. The van der Waals surface area contributed by atoms with Gasteiger partial charge in [0.15, 0.2) is 0 Å². The smallest absolute Gasteiger partial charge is 0.0590 e. The standard InChI is InChI=1S/C16H26ClN3O/c1-2-21-13-7-18-6-8-19-9-11-20(12-10-19)16-5-3-4-15(17)14-16/h3-5,14,18H,2,6-13H2,1H3. The van der Waals surface area contributed by atoms with E-state index in [-0.39, 0.29) is 0 Å². The topological polar surface area (TPSA) is 27.7 Å². The van der Waals surface area contributed by atoms with E-state index in [0.717, 1.165) is 64.0 Å². The van der Waals surface area contributed by atoms with Gasteiger partial charge < -0.3 is 15.0 Å². The van der Waals surface area contributed by atoms with Crippen molar-refractivity contribution in [2.75, 3.05) is 63.9 Å². The number of halogens is 1. The minimum atomic E-state index is 0.799. The first-order chi connectivity index (χ1) is 10.3. The number of hydrogen-bond donors (Lipinski definition) is 1. The molecule has 1 heterocycles. The molecule has 1 saturated heterocycles. The molecule has 0 unspecified atom stereocenters. The highest BCUT2D eigenvalue weighted by Gasteiger charge is 2.16. The van der Waals surface area contributed by atoms with Gasteiger partial charge in [-0.25, -0.2) is 0 Å². The van der Waals surface area contributed by atoms with Gasteiger partial charge in [-0.3, -0.25) is 4.90 Å². The molecule has 0 amide bonds. The fraction of sp³-hybridized carbons (Fsp3) is 0.625. The number of nitrogens with one attached hydrogen (secondary N) is 1. The van der Waals surface area contributed by atoms with Crippen LogP contribution in [0.3, 0.4) is 0 Å². The van der Waals surface area contributed by atoms with Gasteiger partial charge in [0.1, 0.15) is 0 Å². The Kier molecular flexibility index (Phi) is 7.30. The molecular weight excluding hydrogens is 286 g/mol. The number of nitrogens with zero attached hydrogens (tertiary/aromatic N) is 2. The highest BCUT2D eigenvalue weighted by molar-refractivity contribution is 6.30. The lowest BCUT2D eigenvalue weighted by molar-refractivity contribution is 0.148. The van der Waals surface area contributed by atoms with Gasteiger partial charge in [-0.1, -0.05) is 17.7 Å². The lowest BCUT2D eigenvalue weighted by atomic mass is 10.2. The van der Waals surface area contributed by atoms with Crippen molar-refractivity contribution < 1.29 is 4.74 Å².